The highest BCUT2D eigenvalue weighted by atomic mass is 31.2. The molecule has 0 aromatic rings. The van der Waals surface area contributed by atoms with Crippen molar-refractivity contribution in [1.29, 1.82) is 0 Å². The van der Waals surface area contributed by atoms with Gasteiger partial charge in [0.2, 0.25) is 0 Å². The second-order valence-corrected chi connectivity index (χ2v) is 28.5. The third-order valence-corrected chi connectivity index (χ3v) is 17.3. The van der Waals surface area contributed by atoms with Gasteiger partial charge in [0, 0.05) is 25.7 Å². The molecule has 2 unspecified atom stereocenters. The number of phosphoric acid groups is 2. The quantitative estimate of drug-likeness (QED) is 0.0222. The summed E-state index contributed by atoms with van der Waals surface area (Å²) in [5.74, 6) is 0.0817. The number of esters is 4. The first-order chi connectivity index (χ1) is 41.2. The van der Waals surface area contributed by atoms with Gasteiger partial charge in [-0.15, -0.1) is 0 Å². The molecule has 0 fully saturated rings. The van der Waals surface area contributed by atoms with Gasteiger partial charge in [-0.2, -0.15) is 0 Å². The molecule has 5 atom stereocenters. The van der Waals surface area contributed by atoms with E-state index in [1.54, 1.807) is 0 Å². The maximum absolute atomic E-state index is 13.0. The fourth-order valence-corrected chi connectivity index (χ4v) is 11.6. The van der Waals surface area contributed by atoms with Crippen molar-refractivity contribution in [2.75, 3.05) is 39.6 Å². The van der Waals surface area contributed by atoms with Crippen molar-refractivity contribution in [3.63, 3.8) is 0 Å². The number of phosphoric ester groups is 2. The lowest BCUT2D eigenvalue weighted by molar-refractivity contribution is -0.161. The predicted octanol–water partition coefficient (Wildman–Crippen LogP) is 18.7. The van der Waals surface area contributed by atoms with Crippen LogP contribution in [0.25, 0.3) is 0 Å². The fraction of sp³-hybridized carbons (Fsp3) is 0.940. The molecule has 0 saturated carbocycles. The number of hydrogen-bond donors (Lipinski definition) is 3. The minimum atomic E-state index is -4.95. The van der Waals surface area contributed by atoms with Crippen molar-refractivity contribution >= 4 is 39.5 Å². The van der Waals surface area contributed by atoms with E-state index in [0.29, 0.717) is 31.6 Å². The molecule has 0 rings (SSSR count). The molecule has 0 radical (unpaired) electrons. The van der Waals surface area contributed by atoms with Crippen molar-refractivity contribution < 1.29 is 80.2 Å². The Labute approximate surface area is 524 Å². The predicted molar refractivity (Wildman–Crippen MR) is 344 cm³/mol. The van der Waals surface area contributed by atoms with Gasteiger partial charge in [0.25, 0.3) is 0 Å². The zero-order valence-corrected chi connectivity index (χ0v) is 57.6. The molecule has 0 aliphatic rings. The van der Waals surface area contributed by atoms with Gasteiger partial charge < -0.3 is 33.8 Å². The minimum Gasteiger partial charge on any atom is -0.462 e. The van der Waals surface area contributed by atoms with Crippen LogP contribution in [0.1, 0.15) is 331 Å². The van der Waals surface area contributed by atoms with E-state index in [-0.39, 0.29) is 25.7 Å². The second-order valence-electron chi connectivity index (χ2n) is 25.6. The Morgan fingerprint density at radius 3 is 0.791 bits per heavy atom. The van der Waals surface area contributed by atoms with Crippen molar-refractivity contribution in [2.24, 2.45) is 17.8 Å². The van der Waals surface area contributed by atoms with Crippen molar-refractivity contribution in [3.05, 3.63) is 0 Å². The number of rotatable bonds is 65. The summed E-state index contributed by atoms with van der Waals surface area (Å²) >= 11 is 0. The van der Waals surface area contributed by atoms with Gasteiger partial charge in [-0.05, 0) is 43.4 Å². The van der Waals surface area contributed by atoms with Crippen molar-refractivity contribution in [3.8, 4) is 0 Å². The summed E-state index contributed by atoms with van der Waals surface area (Å²) in [6.45, 7) is 11.7. The topological polar surface area (TPSA) is 237 Å². The molecule has 0 aliphatic carbocycles. The Morgan fingerprint density at radius 1 is 0.314 bits per heavy atom. The number of hydrogen-bond acceptors (Lipinski definition) is 15. The van der Waals surface area contributed by atoms with Crippen LogP contribution in [-0.2, 0) is 65.4 Å². The lowest BCUT2D eigenvalue weighted by Crippen LogP contribution is -2.30. The zero-order chi connectivity index (χ0) is 63.8. The number of aliphatic hydroxyl groups is 1. The van der Waals surface area contributed by atoms with Crippen LogP contribution in [0.5, 0.6) is 0 Å². The maximum atomic E-state index is 13.0. The van der Waals surface area contributed by atoms with E-state index in [2.05, 4.69) is 48.5 Å². The molecule has 17 nitrogen and oxygen atoms in total. The van der Waals surface area contributed by atoms with Crippen LogP contribution in [0.2, 0.25) is 0 Å². The molecule has 0 aliphatic heterocycles. The molecular formula is C67H130O17P2. The lowest BCUT2D eigenvalue weighted by atomic mass is 10.0. The Hall–Kier alpha value is -1.94. The van der Waals surface area contributed by atoms with Crippen LogP contribution in [0.3, 0.4) is 0 Å². The number of ether oxygens (including phenoxy) is 4. The Morgan fingerprint density at radius 2 is 0.535 bits per heavy atom. The molecule has 3 N–H and O–H groups in total. The Bertz CT molecular complexity index is 1700. The molecule has 86 heavy (non-hydrogen) atoms. The van der Waals surface area contributed by atoms with Gasteiger partial charge >= 0.3 is 39.5 Å². The number of carbonyl (C=O) groups is 4. The van der Waals surface area contributed by atoms with E-state index in [0.717, 1.165) is 108 Å². The van der Waals surface area contributed by atoms with Gasteiger partial charge in [0.15, 0.2) is 12.2 Å². The summed E-state index contributed by atoms with van der Waals surface area (Å²) in [7, 11) is -9.89. The smallest absolute Gasteiger partial charge is 0.462 e. The van der Waals surface area contributed by atoms with Crippen LogP contribution in [-0.4, -0.2) is 96.7 Å². The van der Waals surface area contributed by atoms with Crippen LogP contribution < -0.4 is 0 Å². The van der Waals surface area contributed by atoms with E-state index in [1.165, 1.54) is 135 Å². The number of unbranched alkanes of at least 4 members (excludes halogenated alkanes) is 33. The molecule has 0 spiro atoms. The molecular weight excluding hydrogens is 1140 g/mol. The molecule has 0 heterocycles. The minimum absolute atomic E-state index is 0.103. The maximum Gasteiger partial charge on any atom is 0.472 e. The van der Waals surface area contributed by atoms with E-state index >= 15 is 0 Å². The lowest BCUT2D eigenvalue weighted by Gasteiger charge is -2.21. The average molecular weight is 1270 g/mol. The van der Waals surface area contributed by atoms with Crippen molar-refractivity contribution in [2.45, 2.75) is 349 Å². The summed E-state index contributed by atoms with van der Waals surface area (Å²) in [5.41, 5.74) is 0. The normalized spacial score (nSPS) is 14.3. The van der Waals surface area contributed by atoms with Gasteiger partial charge in [-0.1, -0.05) is 280 Å². The van der Waals surface area contributed by atoms with E-state index < -0.39 is 97.5 Å². The van der Waals surface area contributed by atoms with Crippen molar-refractivity contribution in [1.82, 2.24) is 0 Å². The zero-order valence-electron chi connectivity index (χ0n) is 55.8. The van der Waals surface area contributed by atoms with Gasteiger partial charge in [-0.25, -0.2) is 9.13 Å². The molecule has 0 amide bonds. The summed E-state index contributed by atoms with van der Waals surface area (Å²) in [6, 6.07) is 0. The standard InChI is InChI=1S/C67H130O17P2/c1-8-9-10-11-12-27-34-41-48-64(69)77-54-63(84-67(72)51-44-37-30-23-26-33-40-47-60(6)7)57-82-86(75,76)80-53-61(68)52-79-85(73,74)81-56-62(55-78-65(70)49-42-35-28-22-21-25-32-39-46-59(4)5)83-66(71)50-43-36-29-20-18-16-14-13-15-17-19-24-31-38-45-58(2)3/h58-63,68H,8-57H2,1-7H3,(H,73,74)(H,75,76)/t61-,62-,63-/m1/s1. The largest absolute Gasteiger partial charge is 0.472 e. The highest BCUT2D eigenvalue weighted by molar-refractivity contribution is 7.47. The fourth-order valence-electron chi connectivity index (χ4n) is 10.0. The van der Waals surface area contributed by atoms with E-state index in [9.17, 15) is 43.2 Å². The first-order valence-electron chi connectivity index (χ1n) is 34.8. The van der Waals surface area contributed by atoms with Crippen LogP contribution in [0.4, 0.5) is 0 Å². The summed E-state index contributed by atoms with van der Waals surface area (Å²) in [5, 5.41) is 10.5. The average Bonchev–Trinajstić information content (AvgIpc) is 3.67. The third kappa shape index (κ3) is 60.9. The number of carbonyl (C=O) groups excluding carboxylic acids is 4. The Kier molecular flexibility index (Phi) is 56.9. The van der Waals surface area contributed by atoms with Gasteiger partial charge in [-0.3, -0.25) is 37.3 Å². The molecule has 0 aromatic heterocycles. The summed E-state index contributed by atoms with van der Waals surface area (Å²) < 4.78 is 68.1. The molecule has 0 aromatic carbocycles. The highest BCUT2D eigenvalue weighted by Gasteiger charge is 2.30. The molecule has 0 bridgehead atoms. The monoisotopic (exact) mass is 1270 g/mol. The van der Waals surface area contributed by atoms with Gasteiger partial charge in [0.1, 0.15) is 19.3 Å². The highest BCUT2D eigenvalue weighted by Crippen LogP contribution is 2.45. The van der Waals surface area contributed by atoms with E-state index in [1.807, 2.05) is 0 Å². The molecule has 0 saturated heterocycles. The van der Waals surface area contributed by atoms with Crippen LogP contribution in [0.15, 0.2) is 0 Å². The van der Waals surface area contributed by atoms with Gasteiger partial charge in [0.05, 0.1) is 26.4 Å². The first kappa shape index (κ1) is 84.1. The third-order valence-electron chi connectivity index (χ3n) is 15.4. The SMILES string of the molecule is CCCCCCCCCCC(=O)OC[C@H](COP(=O)(O)OC[C@H](O)COP(=O)(O)OC[C@@H](COC(=O)CCCCCCCCCCC(C)C)OC(=O)CCCCCCCCCCCCCCCCC(C)C)OC(=O)CCCCCCCCCC(C)C. The second kappa shape index (κ2) is 58.2. The number of aliphatic hydroxyl groups excluding tert-OH is 1. The van der Waals surface area contributed by atoms with Crippen LogP contribution in [0, 0.1) is 17.8 Å². The van der Waals surface area contributed by atoms with E-state index in [4.69, 9.17) is 37.0 Å². The summed E-state index contributed by atoms with van der Waals surface area (Å²) in [4.78, 5) is 72.3. The van der Waals surface area contributed by atoms with Crippen LogP contribution >= 0.6 is 15.6 Å². The molecule has 510 valence electrons. The Balaban J connectivity index is 5.21. The molecule has 19 heteroatoms. The first-order valence-corrected chi connectivity index (χ1v) is 37.8. The summed E-state index contributed by atoms with van der Waals surface area (Å²) in [6.07, 6.45) is 40.5.